The highest BCUT2D eigenvalue weighted by atomic mass is 16.5. The number of ether oxygens (including phenoxy) is 1. The molecule has 1 heterocycles. The van der Waals surface area contributed by atoms with Crippen LogP contribution < -0.4 is 0 Å². The molecule has 0 N–H and O–H groups in total. The van der Waals surface area contributed by atoms with Gasteiger partial charge in [-0.3, -0.25) is 0 Å². The quantitative estimate of drug-likeness (QED) is 0.575. The highest BCUT2D eigenvalue weighted by Gasteiger charge is 2.65. The van der Waals surface area contributed by atoms with Gasteiger partial charge in [-0.05, 0) is 31.6 Å². The van der Waals surface area contributed by atoms with Gasteiger partial charge in [-0.2, -0.15) is 0 Å². The van der Waals surface area contributed by atoms with Crippen LogP contribution in [0.4, 0.5) is 0 Å². The van der Waals surface area contributed by atoms with Crippen LogP contribution >= 0.6 is 0 Å². The lowest BCUT2D eigenvalue weighted by molar-refractivity contribution is -0.249. The molecule has 3 fully saturated rings. The van der Waals surface area contributed by atoms with Crippen LogP contribution in [0.5, 0.6) is 0 Å². The largest absolute Gasteiger partial charge is 0.377 e. The maximum absolute atomic E-state index is 11.0. The van der Waals surface area contributed by atoms with Gasteiger partial charge in [-0.1, -0.05) is 6.42 Å². The van der Waals surface area contributed by atoms with Crippen molar-refractivity contribution in [3.63, 3.8) is 0 Å². The van der Waals surface area contributed by atoms with Crippen molar-refractivity contribution in [2.45, 2.75) is 38.2 Å². The van der Waals surface area contributed by atoms with Crippen molar-refractivity contribution in [1.82, 2.24) is 0 Å². The zero-order chi connectivity index (χ0) is 8.89. The van der Waals surface area contributed by atoms with E-state index in [9.17, 15) is 4.79 Å². The molecule has 2 heteroatoms. The summed E-state index contributed by atoms with van der Waals surface area (Å²) in [5.74, 6) is 0.915. The van der Waals surface area contributed by atoms with E-state index in [2.05, 4.69) is 0 Å². The predicted molar refractivity (Wildman–Crippen MR) is 48.3 cm³/mol. The summed E-state index contributed by atoms with van der Waals surface area (Å²) < 4.78 is 5.81. The number of fused-ring (bicyclic) bond motifs is 2. The second-order valence-electron chi connectivity index (χ2n) is 4.85. The first-order valence-electron chi connectivity index (χ1n) is 5.45. The molecule has 3 aliphatic rings. The van der Waals surface area contributed by atoms with E-state index >= 15 is 0 Å². The van der Waals surface area contributed by atoms with E-state index in [0.717, 1.165) is 13.0 Å². The van der Waals surface area contributed by atoms with Gasteiger partial charge in [0, 0.05) is 17.9 Å². The molecule has 2 nitrogen and oxygen atoms in total. The maximum Gasteiger partial charge on any atom is 0.124 e. The topological polar surface area (TPSA) is 26.3 Å². The van der Waals surface area contributed by atoms with Gasteiger partial charge < -0.3 is 9.53 Å². The number of hydrogen-bond donors (Lipinski definition) is 0. The fourth-order valence-corrected chi connectivity index (χ4v) is 3.70. The molecule has 72 valence electrons. The minimum absolute atomic E-state index is 0.312. The average Bonchev–Trinajstić information content (AvgIpc) is 2.05. The van der Waals surface area contributed by atoms with Crippen LogP contribution in [-0.4, -0.2) is 19.0 Å². The summed E-state index contributed by atoms with van der Waals surface area (Å²) in [6.45, 7) is 0.925. The van der Waals surface area contributed by atoms with Gasteiger partial charge in [-0.15, -0.1) is 0 Å². The molecular weight excluding hydrogens is 164 g/mol. The van der Waals surface area contributed by atoms with Gasteiger partial charge in [-0.25, -0.2) is 0 Å². The summed E-state index contributed by atoms with van der Waals surface area (Å²) in [7, 11) is 0. The summed E-state index contributed by atoms with van der Waals surface area (Å²) in [6.07, 6.45) is 7.79. The summed E-state index contributed by atoms with van der Waals surface area (Å²) in [4.78, 5) is 11.0. The Balaban J connectivity index is 1.83. The third-order valence-electron chi connectivity index (χ3n) is 4.49. The number of aldehydes is 1. The molecule has 0 unspecified atom stereocenters. The van der Waals surface area contributed by atoms with Crippen LogP contribution in [0.2, 0.25) is 0 Å². The van der Waals surface area contributed by atoms with Crippen molar-refractivity contribution >= 4 is 6.29 Å². The Morgan fingerprint density at radius 1 is 1.31 bits per heavy atom. The lowest BCUT2D eigenvalue weighted by atomic mass is 9.42. The second kappa shape index (κ2) is 2.57. The third kappa shape index (κ3) is 0.804. The average molecular weight is 180 g/mol. The van der Waals surface area contributed by atoms with Crippen molar-refractivity contribution in [2.75, 3.05) is 6.61 Å². The molecule has 0 aromatic rings. The Kier molecular flexibility index (Phi) is 1.58. The number of carbonyl (C=O) groups is 1. The van der Waals surface area contributed by atoms with Crippen LogP contribution in [0.3, 0.4) is 0 Å². The van der Waals surface area contributed by atoms with E-state index in [1.165, 1.54) is 32.0 Å². The molecule has 3 atom stereocenters. The first-order valence-corrected chi connectivity index (χ1v) is 5.45. The first kappa shape index (κ1) is 7.98. The van der Waals surface area contributed by atoms with Crippen molar-refractivity contribution in [2.24, 2.45) is 17.3 Å². The Bertz CT molecular complexity index is 232. The van der Waals surface area contributed by atoms with Crippen LogP contribution in [-0.2, 0) is 9.53 Å². The van der Waals surface area contributed by atoms with E-state index in [1.54, 1.807) is 0 Å². The van der Waals surface area contributed by atoms with Gasteiger partial charge in [0.25, 0.3) is 0 Å². The Hall–Kier alpha value is -0.370. The van der Waals surface area contributed by atoms with Crippen LogP contribution in [0.1, 0.15) is 32.1 Å². The summed E-state index contributed by atoms with van der Waals surface area (Å²) in [6, 6.07) is 0. The molecule has 1 saturated heterocycles. The monoisotopic (exact) mass is 180 g/mol. The lowest BCUT2D eigenvalue weighted by Crippen LogP contribution is -2.66. The Labute approximate surface area is 78.6 Å². The third-order valence-corrected chi connectivity index (χ3v) is 4.49. The normalized spacial score (nSPS) is 46.0. The molecule has 2 aliphatic carbocycles. The van der Waals surface area contributed by atoms with Gasteiger partial charge in [0.15, 0.2) is 0 Å². The van der Waals surface area contributed by atoms with E-state index in [1.807, 2.05) is 0 Å². The highest BCUT2D eigenvalue weighted by molar-refractivity contribution is 5.59. The molecule has 1 aliphatic heterocycles. The molecule has 0 amide bonds. The zero-order valence-corrected chi connectivity index (χ0v) is 7.87. The first-order chi connectivity index (χ1) is 6.38. The number of hydrogen-bond acceptors (Lipinski definition) is 2. The SMILES string of the molecule is O=C[C@@H]1[C@H]2CCCO[C@@H]2C12CCC2. The molecular formula is C11H16O2. The summed E-state index contributed by atoms with van der Waals surface area (Å²) in [5.41, 5.74) is 0.312. The fourth-order valence-electron chi connectivity index (χ4n) is 3.70. The molecule has 0 radical (unpaired) electrons. The van der Waals surface area contributed by atoms with Crippen molar-refractivity contribution in [3.05, 3.63) is 0 Å². The van der Waals surface area contributed by atoms with Crippen LogP contribution in [0, 0.1) is 17.3 Å². The highest BCUT2D eigenvalue weighted by Crippen LogP contribution is 2.65. The van der Waals surface area contributed by atoms with Gasteiger partial charge in [0.1, 0.15) is 6.29 Å². The number of carbonyl (C=O) groups excluding carboxylic acids is 1. The van der Waals surface area contributed by atoms with Gasteiger partial charge in [0.2, 0.25) is 0 Å². The lowest BCUT2D eigenvalue weighted by Gasteiger charge is -2.65. The van der Waals surface area contributed by atoms with Crippen molar-refractivity contribution in [3.8, 4) is 0 Å². The zero-order valence-electron chi connectivity index (χ0n) is 7.87. The van der Waals surface area contributed by atoms with E-state index < -0.39 is 0 Å². The predicted octanol–water partition coefficient (Wildman–Crippen LogP) is 1.78. The van der Waals surface area contributed by atoms with Gasteiger partial charge in [0.05, 0.1) is 6.10 Å². The second-order valence-corrected chi connectivity index (χ2v) is 4.85. The summed E-state index contributed by atoms with van der Waals surface area (Å²) >= 11 is 0. The summed E-state index contributed by atoms with van der Waals surface area (Å²) in [5, 5.41) is 0. The fraction of sp³-hybridized carbons (Fsp3) is 0.909. The van der Waals surface area contributed by atoms with Gasteiger partial charge >= 0.3 is 0 Å². The smallest absolute Gasteiger partial charge is 0.124 e. The Morgan fingerprint density at radius 2 is 2.15 bits per heavy atom. The van der Waals surface area contributed by atoms with E-state index in [0.29, 0.717) is 23.4 Å². The van der Waals surface area contributed by atoms with Crippen molar-refractivity contribution in [1.29, 1.82) is 0 Å². The van der Waals surface area contributed by atoms with E-state index in [4.69, 9.17) is 4.74 Å². The molecule has 3 rings (SSSR count). The standard InChI is InChI=1S/C11H16O2/c12-7-9-8-3-1-6-13-10(8)11(9)4-2-5-11/h7-10H,1-6H2/t8-,9-,10+/m1/s1. The maximum atomic E-state index is 11.0. The Morgan fingerprint density at radius 3 is 2.77 bits per heavy atom. The molecule has 0 aromatic heterocycles. The van der Waals surface area contributed by atoms with Crippen LogP contribution in [0.25, 0.3) is 0 Å². The van der Waals surface area contributed by atoms with E-state index in [-0.39, 0.29) is 0 Å². The van der Waals surface area contributed by atoms with Crippen molar-refractivity contribution < 1.29 is 9.53 Å². The van der Waals surface area contributed by atoms with Crippen LogP contribution in [0.15, 0.2) is 0 Å². The molecule has 13 heavy (non-hydrogen) atoms. The molecule has 1 spiro atoms. The molecule has 2 saturated carbocycles. The number of rotatable bonds is 1. The minimum atomic E-state index is 0.312. The molecule has 0 aromatic carbocycles. The molecule has 0 bridgehead atoms. The minimum Gasteiger partial charge on any atom is -0.377 e.